The maximum Gasteiger partial charge on any atom is 0.122 e. The highest BCUT2D eigenvalue weighted by molar-refractivity contribution is 5.38. The minimum absolute atomic E-state index is 0.185. The van der Waals surface area contributed by atoms with Crippen molar-refractivity contribution in [3.63, 3.8) is 0 Å². The van der Waals surface area contributed by atoms with Crippen LogP contribution in [0, 0.1) is 6.92 Å². The Morgan fingerprint density at radius 1 is 1.10 bits per heavy atom. The molecule has 3 nitrogen and oxygen atoms in total. The van der Waals surface area contributed by atoms with Gasteiger partial charge in [0.2, 0.25) is 0 Å². The zero-order valence-corrected chi connectivity index (χ0v) is 13.6. The molecule has 0 aromatic heterocycles. The van der Waals surface area contributed by atoms with Crippen LogP contribution in [0.4, 0.5) is 0 Å². The lowest BCUT2D eigenvalue weighted by Crippen LogP contribution is -2.25. The van der Waals surface area contributed by atoms with E-state index >= 15 is 0 Å². The van der Waals surface area contributed by atoms with Gasteiger partial charge in [0.15, 0.2) is 0 Å². The standard InChI is InChI=1S/C17H29NO2/c1-6-19-11-9-18-10-12-20-16-8-7-15(13-14(16)2)17(3,4)5/h7-8,13,18H,6,9-12H2,1-5H3. The molecule has 1 rings (SSSR count). The molecule has 0 heterocycles. The molecule has 114 valence electrons. The lowest BCUT2D eigenvalue weighted by atomic mass is 9.86. The fourth-order valence-corrected chi connectivity index (χ4v) is 1.92. The minimum atomic E-state index is 0.185. The second-order valence-corrected chi connectivity index (χ2v) is 6.03. The Morgan fingerprint density at radius 3 is 2.40 bits per heavy atom. The van der Waals surface area contributed by atoms with Gasteiger partial charge < -0.3 is 14.8 Å². The van der Waals surface area contributed by atoms with E-state index in [-0.39, 0.29) is 5.41 Å². The number of rotatable bonds is 8. The topological polar surface area (TPSA) is 30.5 Å². The average Bonchev–Trinajstić information content (AvgIpc) is 2.38. The molecule has 0 spiro atoms. The van der Waals surface area contributed by atoms with Crippen molar-refractivity contribution in [2.45, 2.75) is 40.0 Å². The summed E-state index contributed by atoms with van der Waals surface area (Å²) >= 11 is 0. The zero-order valence-electron chi connectivity index (χ0n) is 13.6. The molecule has 0 radical (unpaired) electrons. The second-order valence-electron chi connectivity index (χ2n) is 6.03. The molecule has 0 saturated carbocycles. The van der Waals surface area contributed by atoms with Gasteiger partial charge in [-0.15, -0.1) is 0 Å². The predicted molar refractivity (Wildman–Crippen MR) is 84.7 cm³/mol. The van der Waals surface area contributed by atoms with Crippen molar-refractivity contribution in [1.82, 2.24) is 5.32 Å². The quantitative estimate of drug-likeness (QED) is 0.741. The maximum atomic E-state index is 5.81. The molecular formula is C17H29NO2. The minimum Gasteiger partial charge on any atom is -0.492 e. The normalized spacial score (nSPS) is 11.7. The van der Waals surface area contributed by atoms with E-state index in [9.17, 15) is 0 Å². The molecular weight excluding hydrogens is 250 g/mol. The highest BCUT2D eigenvalue weighted by atomic mass is 16.5. The molecule has 0 aliphatic carbocycles. The number of hydrogen-bond acceptors (Lipinski definition) is 3. The molecule has 0 bridgehead atoms. The van der Waals surface area contributed by atoms with Gasteiger partial charge in [-0.05, 0) is 36.5 Å². The SMILES string of the molecule is CCOCCNCCOc1ccc(C(C)(C)C)cc1C. The van der Waals surface area contributed by atoms with E-state index in [1.54, 1.807) is 0 Å². The van der Waals surface area contributed by atoms with Crippen molar-refractivity contribution >= 4 is 0 Å². The molecule has 1 aromatic carbocycles. The number of nitrogens with one attached hydrogen (secondary N) is 1. The molecule has 0 amide bonds. The Bertz CT molecular complexity index is 396. The molecule has 0 atom stereocenters. The third kappa shape index (κ3) is 5.93. The van der Waals surface area contributed by atoms with Crippen LogP contribution in [0.1, 0.15) is 38.8 Å². The highest BCUT2D eigenvalue weighted by Gasteiger charge is 2.14. The molecule has 1 N–H and O–H groups in total. The highest BCUT2D eigenvalue weighted by Crippen LogP contribution is 2.27. The van der Waals surface area contributed by atoms with Crippen molar-refractivity contribution in [1.29, 1.82) is 0 Å². The second kappa shape index (κ2) is 8.28. The van der Waals surface area contributed by atoms with E-state index in [4.69, 9.17) is 9.47 Å². The molecule has 0 aliphatic rings. The fourth-order valence-electron chi connectivity index (χ4n) is 1.92. The van der Waals surface area contributed by atoms with Gasteiger partial charge in [0, 0.05) is 19.7 Å². The first-order valence-electron chi connectivity index (χ1n) is 7.47. The van der Waals surface area contributed by atoms with Crippen LogP contribution < -0.4 is 10.1 Å². The fraction of sp³-hybridized carbons (Fsp3) is 0.647. The first-order chi connectivity index (χ1) is 9.45. The predicted octanol–water partition coefficient (Wildman–Crippen LogP) is 3.30. The van der Waals surface area contributed by atoms with Gasteiger partial charge >= 0.3 is 0 Å². The van der Waals surface area contributed by atoms with Gasteiger partial charge in [0.05, 0.1) is 6.61 Å². The Kier molecular flexibility index (Phi) is 7.03. The molecule has 0 fully saturated rings. The summed E-state index contributed by atoms with van der Waals surface area (Å²) in [6.45, 7) is 14.7. The molecule has 20 heavy (non-hydrogen) atoms. The zero-order chi connectivity index (χ0) is 15.0. The van der Waals surface area contributed by atoms with E-state index in [0.29, 0.717) is 6.61 Å². The van der Waals surface area contributed by atoms with Crippen molar-refractivity contribution in [3.8, 4) is 5.75 Å². The van der Waals surface area contributed by atoms with E-state index in [2.05, 4.69) is 51.2 Å². The Morgan fingerprint density at radius 2 is 1.80 bits per heavy atom. The number of aryl methyl sites for hydroxylation is 1. The Hall–Kier alpha value is -1.06. The van der Waals surface area contributed by atoms with Gasteiger partial charge in [-0.25, -0.2) is 0 Å². The van der Waals surface area contributed by atoms with Gasteiger partial charge in [0.1, 0.15) is 12.4 Å². The van der Waals surface area contributed by atoms with Crippen LogP contribution in [0.2, 0.25) is 0 Å². The molecule has 0 saturated heterocycles. The van der Waals surface area contributed by atoms with Crippen LogP contribution in [0.3, 0.4) is 0 Å². The van der Waals surface area contributed by atoms with Crippen molar-refractivity contribution in [3.05, 3.63) is 29.3 Å². The number of benzene rings is 1. The van der Waals surface area contributed by atoms with Crippen molar-refractivity contribution in [2.24, 2.45) is 0 Å². The summed E-state index contributed by atoms with van der Waals surface area (Å²) in [5.74, 6) is 0.976. The summed E-state index contributed by atoms with van der Waals surface area (Å²) in [5.41, 5.74) is 2.73. The van der Waals surface area contributed by atoms with Gasteiger partial charge in [0.25, 0.3) is 0 Å². The van der Waals surface area contributed by atoms with Crippen molar-refractivity contribution in [2.75, 3.05) is 32.9 Å². The average molecular weight is 279 g/mol. The van der Waals surface area contributed by atoms with Crippen LogP contribution in [-0.4, -0.2) is 32.9 Å². The first kappa shape index (κ1) is 17.0. The summed E-state index contributed by atoms with van der Waals surface area (Å²) in [4.78, 5) is 0. The lowest BCUT2D eigenvalue weighted by molar-refractivity contribution is 0.148. The molecule has 0 unspecified atom stereocenters. The largest absolute Gasteiger partial charge is 0.492 e. The molecule has 0 aliphatic heterocycles. The lowest BCUT2D eigenvalue weighted by Gasteiger charge is -2.20. The molecule has 3 heteroatoms. The van der Waals surface area contributed by atoms with Crippen LogP contribution in [0.5, 0.6) is 5.75 Å². The monoisotopic (exact) mass is 279 g/mol. The van der Waals surface area contributed by atoms with Gasteiger partial charge in [-0.1, -0.05) is 32.9 Å². The van der Waals surface area contributed by atoms with E-state index in [1.165, 1.54) is 11.1 Å². The summed E-state index contributed by atoms with van der Waals surface area (Å²) in [7, 11) is 0. The Balaban J connectivity index is 2.34. The Labute approximate surface area is 123 Å². The van der Waals surface area contributed by atoms with E-state index in [0.717, 1.165) is 32.1 Å². The first-order valence-corrected chi connectivity index (χ1v) is 7.47. The maximum absolute atomic E-state index is 5.81. The summed E-state index contributed by atoms with van der Waals surface area (Å²) in [5, 5.41) is 3.30. The third-order valence-electron chi connectivity index (χ3n) is 3.20. The number of ether oxygens (including phenoxy) is 2. The van der Waals surface area contributed by atoms with Gasteiger partial charge in [-0.3, -0.25) is 0 Å². The van der Waals surface area contributed by atoms with Crippen LogP contribution in [-0.2, 0) is 10.2 Å². The van der Waals surface area contributed by atoms with Crippen LogP contribution in [0.15, 0.2) is 18.2 Å². The van der Waals surface area contributed by atoms with Crippen LogP contribution in [0.25, 0.3) is 0 Å². The summed E-state index contributed by atoms with van der Waals surface area (Å²) in [6, 6.07) is 6.46. The number of hydrogen-bond donors (Lipinski definition) is 1. The van der Waals surface area contributed by atoms with Crippen molar-refractivity contribution < 1.29 is 9.47 Å². The summed E-state index contributed by atoms with van der Waals surface area (Å²) < 4.78 is 11.1. The summed E-state index contributed by atoms with van der Waals surface area (Å²) in [6.07, 6.45) is 0. The van der Waals surface area contributed by atoms with Crippen LogP contribution >= 0.6 is 0 Å². The van der Waals surface area contributed by atoms with E-state index < -0.39 is 0 Å². The third-order valence-corrected chi connectivity index (χ3v) is 3.20. The molecule has 1 aromatic rings. The van der Waals surface area contributed by atoms with E-state index in [1.807, 2.05) is 6.92 Å². The van der Waals surface area contributed by atoms with Gasteiger partial charge in [-0.2, -0.15) is 0 Å². The smallest absolute Gasteiger partial charge is 0.122 e.